The van der Waals surface area contributed by atoms with Gasteiger partial charge in [-0.1, -0.05) is 19.1 Å². The summed E-state index contributed by atoms with van der Waals surface area (Å²) in [5.41, 5.74) is -0.915. The molecule has 0 spiro atoms. The zero-order valence-electron chi connectivity index (χ0n) is 13.0. The normalized spacial score (nSPS) is 30.7. The molecule has 5 heteroatoms. The Morgan fingerprint density at radius 1 is 1.27 bits per heavy atom. The lowest BCUT2D eigenvalue weighted by atomic mass is 9.87. The first-order chi connectivity index (χ1) is 10.5. The molecule has 0 bridgehead atoms. The summed E-state index contributed by atoms with van der Waals surface area (Å²) in [6.45, 7) is 3.76. The second-order valence-electron chi connectivity index (χ2n) is 6.52. The summed E-state index contributed by atoms with van der Waals surface area (Å²) in [4.78, 5) is 24.9. The van der Waals surface area contributed by atoms with Crippen LogP contribution in [0.2, 0.25) is 0 Å². The van der Waals surface area contributed by atoms with Gasteiger partial charge in [0.25, 0.3) is 17.4 Å². The van der Waals surface area contributed by atoms with Crippen LogP contribution in [0.25, 0.3) is 0 Å². The van der Waals surface area contributed by atoms with Gasteiger partial charge in [0.05, 0.1) is 5.69 Å². The number of hydrogen-bond donors (Lipinski definition) is 2. The number of ether oxygens (including phenoxy) is 1. The third kappa shape index (κ3) is 2.67. The molecule has 3 rings (SSSR count). The average Bonchev–Trinajstić information content (AvgIpc) is 2.50. The van der Waals surface area contributed by atoms with E-state index in [2.05, 4.69) is 17.6 Å². The Kier molecular flexibility index (Phi) is 3.81. The summed E-state index contributed by atoms with van der Waals surface area (Å²) in [6, 6.07) is 7.27. The van der Waals surface area contributed by atoms with E-state index >= 15 is 0 Å². The molecular weight excluding hydrogens is 280 g/mol. The van der Waals surface area contributed by atoms with Crippen LogP contribution < -0.4 is 15.4 Å². The van der Waals surface area contributed by atoms with Crippen LogP contribution in [0.15, 0.2) is 24.3 Å². The Labute approximate surface area is 130 Å². The molecule has 0 aromatic heterocycles. The summed E-state index contributed by atoms with van der Waals surface area (Å²) in [5.74, 6) is 0.453. The minimum atomic E-state index is -1.52. The number of benzene rings is 1. The van der Waals surface area contributed by atoms with E-state index in [0.29, 0.717) is 17.4 Å². The quantitative estimate of drug-likeness (QED) is 0.825. The molecule has 1 fully saturated rings. The van der Waals surface area contributed by atoms with E-state index in [-0.39, 0.29) is 11.9 Å². The highest BCUT2D eigenvalue weighted by molar-refractivity contribution is 6.15. The number of nitrogens with one attached hydrogen (secondary N) is 2. The van der Waals surface area contributed by atoms with Crippen LogP contribution in [0.4, 0.5) is 5.69 Å². The van der Waals surface area contributed by atoms with E-state index in [1.165, 1.54) is 6.92 Å². The number of hydrogen-bond acceptors (Lipinski definition) is 3. The highest BCUT2D eigenvalue weighted by atomic mass is 16.5. The van der Waals surface area contributed by atoms with Crippen LogP contribution in [0.3, 0.4) is 0 Å². The van der Waals surface area contributed by atoms with Gasteiger partial charge in [0.2, 0.25) is 0 Å². The molecule has 118 valence electrons. The minimum absolute atomic E-state index is 0.133. The van der Waals surface area contributed by atoms with E-state index in [9.17, 15) is 9.59 Å². The van der Waals surface area contributed by atoms with Gasteiger partial charge < -0.3 is 15.4 Å². The highest BCUT2D eigenvalue weighted by Gasteiger charge is 2.47. The summed E-state index contributed by atoms with van der Waals surface area (Å²) in [6.07, 6.45) is 4.14. The zero-order chi connectivity index (χ0) is 15.7. The number of anilines is 1. The Hall–Kier alpha value is -2.04. The van der Waals surface area contributed by atoms with E-state index < -0.39 is 11.5 Å². The fourth-order valence-corrected chi connectivity index (χ4v) is 3.04. The summed E-state index contributed by atoms with van der Waals surface area (Å²) >= 11 is 0. The van der Waals surface area contributed by atoms with Crippen LogP contribution in [-0.4, -0.2) is 23.5 Å². The van der Waals surface area contributed by atoms with Crippen molar-refractivity contribution in [3.63, 3.8) is 0 Å². The Morgan fingerprint density at radius 2 is 1.95 bits per heavy atom. The summed E-state index contributed by atoms with van der Waals surface area (Å²) in [7, 11) is 0. The van der Waals surface area contributed by atoms with Gasteiger partial charge in [0.15, 0.2) is 0 Å². The topological polar surface area (TPSA) is 67.4 Å². The Bertz CT molecular complexity index is 593. The molecule has 1 aliphatic heterocycles. The predicted molar refractivity (Wildman–Crippen MR) is 83.7 cm³/mol. The average molecular weight is 302 g/mol. The lowest BCUT2D eigenvalue weighted by Gasteiger charge is -2.35. The molecule has 0 radical (unpaired) electrons. The van der Waals surface area contributed by atoms with Crippen molar-refractivity contribution in [1.82, 2.24) is 5.32 Å². The summed E-state index contributed by atoms with van der Waals surface area (Å²) in [5, 5.41) is 5.74. The van der Waals surface area contributed by atoms with Crippen LogP contribution in [0.5, 0.6) is 5.75 Å². The second-order valence-corrected chi connectivity index (χ2v) is 6.52. The number of amides is 2. The number of fused-ring (bicyclic) bond motifs is 1. The van der Waals surface area contributed by atoms with Crippen molar-refractivity contribution >= 4 is 17.5 Å². The van der Waals surface area contributed by atoms with Gasteiger partial charge in [-0.25, -0.2) is 0 Å². The molecule has 1 aliphatic carbocycles. The molecule has 1 aromatic rings. The molecule has 2 aliphatic rings. The van der Waals surface area contributed by atoms with Gasteiger partial charge in [-0.15, -0.1) is 0 Å². The van der Waals surface area contributed by atoms with Crippen molar-refractivity contribution in [3.05, 3.63) is 24.3 Å². The maximum Gasteiger partial charge on any atom is 0.278 e. The number of para-hydroxylation sites is 2. The van der Waals surface area contributed by atoms with Gasteiger partial charge in [-0.05, 0) is 50.7 Å². The molecular formula is C17H22N2O3. The number of carbonyl (C=O) groups excluding carboxylic acids is 2. The molecule has 5 nitrogen and oxygen atoms in total. The van der Waals surface area contributed by atoms with Crippen LogP contribution >= 0.6 is 0 Å². The van der Waals surface area contributed by atoms with Crippen molar-refractivity contribution in [2.45, 2.75) is 51.2 Å². The zero-order valence-corrected chi connectivity index (χ0v) is 13.0. The standard InChI is InChI=1S/C17H22N2O3/c1-11-7-9-12(10-8-11)18-15(20)17(2)16(21)19-13-5-3-4-6-14(13)22-17/h3-6,11-12H,7-10H2,1-2H3,(H,18,20)(H,19,21). The van der Waals surface area contributed by atoms with Gasteiger partial charge in [0.1, 0.15) is 5.75 Å². The molecule has 1 aromatic carbocycles. The predicted octanol–water partition coefficient (Wildman–Crippen LogP) is 2.47. The van der Waals surface area contributed by atoms with E-state index in [0.717, 1.165) is 25.7 Å². The molecule has 2 amide bonds. The number of rotatable bonds is 2. The molecule has 2 N–H and O–H groups in total. The van der Waals surface area contributed by atoms with Gasteiger partial charge in [-0.3, -0.25) is 9.59 Å². The smallest absolute Gasteiger partial charge is 0.278 e. The maximum atomic E-state index is 12.6. The van der Waals surface area contributed by atoms with Crippen molar-refractivity contribution in [3.8, 4) is 5.75 Å². The second kappa shape index (κ2) is 5.63. The van der Waals surface area contributed by atoms with Crippen molar-refractivity contribution in [2.24, 2.45) is 5.92 Å². The molecule has 1 saturated carbocycles. The van der Waals surface area contributed by atoms with E-state index in [1.54, 1.807) is 12.1 Å². The fraction of sp³-hybridized carbons (Fsp3) is 0.529. The highest BCUT2D eigenvalue weighted by Crippen LogP contribution is 2.33. The third-order valence-corrected chi connectivity index (χ3v) is 4.67. The third-order valence-electron chi connectivity index (χ3n) is 4.67. The van der Waals surface area contributed by atoms with Gasteiger partial charge in [0, 0.05) is 6.04 Å². The van der Waals surface area contributed by atoms with E-state index in [4.69, 9.17) is 4.74 Å². The van der Waals surface area contributed by atoms with Gasteiger partial charge in [-0.2, -0.15) is 0 Å². The van der Waals surface area contributed by atoms with Crippen molar-refractivity contribution in [2.75, 3.05) is 5.32 Å². The molecule has 1 heterocycles. The minimum Gasteiger partial charge on any atom is -0.466 e. The number of carbonyl (C=O) groups is 2. The lowest BCUT2D eigenvalue weighted by Crippen LogP contribution is -2.60. The summed E-state index contributed by atoms with van der Waals surface area (Å²) < 4.78 is 5.73. The largest absolute Gasteiger partial charge is 0.466 e. The Balaban J connectivity index is 1.72. The first-order valence-corrected chi connectivity index (χ1v) is 7.89. The molecule has 22 heavy (non-hydrogen) atoms. The van der Waals surface area contributed by atoms with Crippen molar-refractivity contribution in [1.29, 1.82) is 0 Å². The van der Waals surface area contributed by atoms with E-state index in [1.807, 2.05) is 12.1 Å². The lowest BCUT2D eigenvalue weighted by molar-refractivity contribution is -0.147. The first kappa shape index (κ1) is 14.9. The molecule has 1 atom stereocenters. The Morgan fingerprint density at radius 3 is 2.68 bits per heavy atom. The molecule has 1 unspecified atom stereocenters. The molecule has 0 saturated heterocycles. The van der Waals surface area contributed by atoms with Crippen LogP contribution in [0, 0.1) is 5.92 Å². The SMILES string of the molecule is CC1CCC(NC(=O)C2(C)Oc3ccccc3NC2=O)CC1. The first-order valence-electron chi connectivity index (χ1n) is 7.89. The van der Waals surface area contributed by atoms with Crippen LogP contribution in [-0.2, 0) is 9.59 Å². The van der Waals surface area contributed by atoms with Crippen LogP contribution in [0.1, 0.15) is 39.5 Å². The van der Waals surface area contributed by atoms with Crippen molar-refractivity contribution < 1.29 is 14.3 Å². The monoisotopic (exact) mass is 302 g/mol. The van der Waals surface area contributed by atoms with Gasteiger partial charge >= 0.3 is 0 Å². The maximum absolute atomic E-state index is 12.6. The fourth-order valence-electron chi connectivity index (χ4n) is 3.04.